The molecule has 0 spiro atoms. The predicted molar refractivity (Wildman–Crippen MR) is 71.0 cm³/mol. The molecule has 0 saturated heterocycles. The number of carboxylic acid groups (broad SMARTS) is 1. The van der Waals surface area contributed by atoms with Crippen molar-refractivity contribution in [1.29, 1.82) is 0 Å². The summed E-state index contributed by atoms with van der Waals surface area (Å²) >= 11 is 0. The second-order valence-corrected chi connectivity index (χ2v) is 5.85. The summed E-state index contributed by atoms with van der Waals surface area (Å²) < 4.78 is 10.8. The van der Waals surface area contributed by atoms with Gasteiger partial charge in [0.25, 0.3) is 0 Å². The maximum Gasteiger partial charge on any atom is 0.317 e. The van der Waals surface area contributed by atoms with E-state index in [1.54, 1.807) is 6.26 Å². The molecule has 0 aliphatic carbocycles. The highest BCUT2D eigenvalue weighted by Gasteiger charge is 2.17. The number of aliphatic carboxylic acids is 1. The van der Waals surface area contributed by atoms with Crippen molar-refractivity contribution in [3.05, 3.63) is 0 Å². The minimum absolute atomic E-state index is 0.0512. The summed E-state index contributed by atoms with van der Waals surface area (Å²) in [7, 11) is -0.852. The van der Waals surface area contributed by atoms with Gasteiger partial charge in [-0.15, -0.1) is 0 Å². The van der Waals surface area contributed by atoms with Crippen molar-refractivity contribution >= 4 is 22.8 Å². The van der Waals surface area contributed by atoms with Crippen molar-refractivity contribution in [3.8, 4) is 0 Å². The van der Waals surface area contributed by atoms with Crippen LogP contribution < -0.4 is 5.32 Å². The number of rotatable bonds is 8. The number of nitrogens with zero attached hydrogens (tertiary/aromatic N) is 1. The summed E-state index contributed by atoms with van der Waals surface area (Å²) in [5.41, 5.74) is 0. The molecule has 0 aliphatic rings. The monoisotopic (exact) mass is 278 g/mol. The Morgan fingerprint density at radius 2 is 2.00 bits per heavy atom. The van der Waals surface area contributed by atoms with E-state index in [0.29, 0.717) is 18.7 Å². The van der Waals surface area contributed by atoms with E-state index in [4.69, 9.17) is 5.11 Å². The predicted octanol–water partition coefficient (Wildman–Crippen LogP) is 0.650. The topological polar surface area (TPSA) is 86.7 Å². The molecule has 0 heterocycles. The molecule has 1 unspecified atom stereocenters. The van der Waals surface area contributed by atoms with Crippen molar-refractivity contribution in [2.45, 2.75) is 32.7 Å². The number of nitrogens with one attached hydrogen (secondary N) is 1. The number of carbonyl (C=O) groups excluding carboxylic acids is 1. The van der Waals surface area contributed by atoms with E-state index in [9.17, 15) is 13.8 Å². The molecular formula is C11H22N2O4S. The van der Waals surface area contributed by atoms with Crippen molar-refractivity contribution in [2.75, 3.05) is 25.1 Å². The zero-order chi connectivity index (χ0) is 14.1. The Hall–Kier alpha value is -1.11. The van der Waals surface area contributed by atoms with Gasteiger partial charge in [0.2, 0.25) is 0 Å². The van der Waals surface area contributed by atoms with Gasteiger partial charge in [-0.3, -0.25) is 9.00 Å². The number of amides is 2. The standard InChI is InChI=1S/C11H22N2O4S/c1-9(2)13(7-5-10(14)15)11(16)12-6-4-8-18(3)17/h9H,4-8H2,1-3H3,(H,12,16)(H,14,15). The molecule has 6 nitrogen and oxygen atoms in total. The Balaban J connectivity index is 4.06. The second kappa shape index (κ2) is 8.91. The third-order valence-corrected chi connectivity index (χ3v) is 3.20. The minimum atomic E-state index is -0.921. The normalized spacial score (nSPS) is 12.2. The molecule has 0 aromatic rings. The van der Waals surface area contributed by atoms with E-state index < -0.39 is 16.8 Å². The quantitative estimate of drug-likeness (QED) is 0.638. The molecule has 18 heavy (non-hydrogen) atoms. The largest absolute Gasteiger partial charge is 0.481 e. The number of hydrogen-bond acceptors (Lipinski definition) is 3. The van der Waals surface area contributed by atoms with Gasteiger partial charge in [0.15, 0.2) is 0 Å². The van der Waals surface area contributed by atoms with Crippen LogP contribution in [-0.4, -0.2) is 57.4 Å². The lowest BCUT2D eigenvalue weighted by molar-refractivity contribution is -0.137. The van der Waals surface area contributed by atoms with Crippen LogP contribution in [0.15, 0.2) is 0 Å². The van der Waals surface area contributed by atoms with Crippen LogP contribution in [0.4, 0.5) is 4.79 Å². The molecule has 0 bridgehead atoms. The van der Waals surface area contributed by atoms with Crippen LogP contribution in [0.3, 0.4) is 0 Å². The molecule has 2 N–H and O–H groups in total. The molecule has 2 amide bonds. The van der Waals surface area contributed by atoms with Crippen LogP contribution in [-0.2, 0) is 15.6 Å². The molecule has 0 fully saturated rings. The fraction of sp³-hybridized carbons (Fsp3) is 0.818. The summed E-state index contributed by atoms with van der Waals surface area (Å²) in [5.74, 6) is -0.369. The molecular weight excluding hydrogens is 256 g/mol. The molecule has 0 rings (SSSR count). The van der Waals surface area contributed by atoms with Gasteiger partial charge < -0.3 is 15.3 Å². The maximum atomic E-state index is 11.8. The Morgan fingerprint density at radius 3 is 2.44 bits per heavy atom. The van der Waals surface area contributed by atoms with Crippen LogP contribution >= 0.6 is 0 Å². The van der Waals surface area contributed by atoms with Crippen molar-refractivity contribution in [3.63, 3.8) is 0 Å². The molecule has 0 aromatic carbocycles. The van der Waals surface area contributed by atoms with Crippen molar-refractivity contribution in [2.24, 2.45) is 0 Å². The smallest absolute Gasteiger partial charge is 0.317 e. The van der Waals surface area contributed by atoms with Crippen LogP contribution in [0.1, 0.15) is 26.7 Å². The lowest BCUT2D eigenvalue weighted by atomic mass is 10.3. The Morgan fingerprint density at radius 1 is 1.39 bits per heavy atom. The number of carboxylic acids is 1. The molecule has 7 heteroatoms. The summed E-state index contributed by atoms with van der Waals surface area (Å²) in [6.45, 7) is 4.32. The SMILES string of the molecule is CC(C)N(CCC(=O)O)C(=O)NCCCS(C)=O. The van der Waals surface area contributed by atoms with Crippen LogP contribution in [0.2, 0.25) is 0 Å². The average Bonchev–Trinajstić information content (AvgIpc) is 2.23. The van der Waals surface area contributed by atoms with Crippen LogP contribution in [0.25, 0.3) is 0 Å². The zero-order valence-corrected chi connectivity index (χ0v) is 12.0. The fourth-order valence-corrected chi connectivity index (χ4v) is 1.93. The number of hydrogen-bond donors (Lipinski definition) is 2. The highest BCUT2D eigenvalue weighted by atomic mass is 32.2. The highest BCUT2D eigenvalue weighted by molar-refractivity contribution is 7.84. The van der Waals surface area contributed by atoms with Gasteiger partial charge in [-0.1, -0.05) is 0 Å². The van der Waals surface area contributed by atoms with Crippen LogP contribution in [0, 0.1) is 0 Å². The van der Waals surface area contributed by atoms with Gasteiger partial charge in [0, 0.05) is 41.9 Å². The second-order valence-electron chi connectivity index (χ2n) is 4.29. The van der Waals surface area contributed by atoms with Gasteiger partial charge in [-0.05, 0) is 20.3 Å². The summed E-state index contributed by atoms with van der Waals surface area (Å²) in [6, 6.07) is -0.321. The van der Waals surface area contributed by atoms with Gasteiger partial charge in [0.05, 0.1) is 6.42 Å². The van der Waals surface area contributed by atoms with Crippen molar-refractivity contribution < 1.29 is 18.9 Å². The minimum Gasteiger partial charge on any atom is -0.481 e. The lowest BCUT2D eigenvalue weighted by Crippen LogP contribution is -2.45. The third-order valence-electron chi connectivity index (χ3n) is 2.34. The van der Waals surface area contributed by atoms with E-state index in [1.807, 2.05) is 13.8 Å². The molecule has 0 radical (unpaired) electrons. The Labute approximate surface area is 110 Å². The first kappa shape index (κ1) is 16.9. The van der Waals surface area contributed by atoms with Crippen LogP contribution in [0.5, 0.6) is 0 Å². The lowest BCUT2D eigenvalue weighted by Gasteiger charge is -2.26. The Bertz CT molecular complexity index is 307. The van der Waals surface area contributed by atoms with E-state index in [0.717, 1.165) is 0 Å². The van der Waals surface area contributed by atoms with Crippen molar-refractivity contribution in [1.82, 2.24) is 10.2 Å². The van der Waals surface area contributed by atoms with Gasteiger partial charge in [-0.2, -0.15) is 0 Å². The molecule has 1 atom stereocenters. The first-order valence-corrected chi connectivity index (χ1v) is 7.63. The first-order valence-electron chi connectivity index (χ1n) is 5.91. The van der Waals surface area contributed by atoms with E-state index >= 15 is 0 Å². The fourth-order valence-electron chi connectivity index (χ4n) is 1.38. The summed E-state index contributed by atoms with van der Waals surface area (Å²) in [4.78, 5) is 23.8. The zero-order valence-electron chi connectivity index (χ0n) is 11.1. The Kier molecular flexibility index (Phi) is 8.36. The highest BCUT2D eigenvalue weighted by Crippen LogP contribution is 2.00. The maximum absolute atomic E-state index is 11.8. The molecule has 106 valence electrons. The van der Waals surface area contributed by atoms with Gasteiger partial charge >= 0.3 is 12.0 Å². The number of carbonyl (C=O) groups is 2. The summed E-state index contributed by atoms with van der Waals surface area (Å²) in [5, 5.41) is 11.3. The molecule has 0 saturated carbocycles. The average molecular weight is 278 g/mol. The third kappa shape index (κ3) is 8.05. The number of urea groups is 1. The summed E-state index contributed by atoms with van der Waals surface area (Å²) in [6.07, 6.45) is 2.21. The van der Waals surface area contributed by atoms with E-state index in [-0.39, 0.29) is 25.0 Å². The first-order chi connectivity index (χ1) is 8.34. The van der Waals surface area contributed by atoms with E-state index in [1.165, 1.54) is 4.90 Å². The van der Waals surface area contributed by atoms with Gasteiger partial charge in [-0.25, -0.2) is 4.79 Å². The molecule has 0 aromatic heterocycles. The van der Waals surface area contributed by atoms with E-state index in [2.05, 4.69) is 5.32 Å². The van der Waals surface area contributed by atoms with Gasteiger partial charge in [0.1, 0.15) is 0 Å². The molecule has 0 aliphatic heterocycles.